The van der Waals surface area contributed by atoms with Gasteiger partial charge in [0, 0.05) is 11.4 Å². The number of hydrogen-bond acceptors (Lipinski definition) is 5. The van der Waals surface area contributed by atoms with Crippen molar-refractivity contribution in [3.05, 3.63) is 40.4 Å². The third kappa shape index (κ3) is 3.48. The summed E-state index contributed by atoms with van der Waals surface area (Å²) in [5.41, 5.74) is 1.24. The Morgan fingerprint density at radius 2 is 2.17 bits per heavy atom. The van der Waals surface area contributed by atoms with Crippen LogP contribution in [0.25, 0.3) is 10.6 Å². The first-order valence-corrected chi connectivity index (χ1v) is 8.13. The van der Waals surface area contributed by atoms with E-state index in [0.717, 1.165) is 22.2 Å². The highest BCUT2D eigenvalue weighted by Gasteiger charge is 2.12. The van der Waals surface area contributed by atoms with Gasteiger partial charge in [-0.1, -0.05) is 0 Å². The molecule has 0 bridgehead atoms. The second kappa shape index (κ2) is 6.33. The number of carbonyl (C=O) groups excluding carboxylic acids is 1. The minimum Gasteiger partial charge on any atom is -0.349 e. The molecule has 0 radical (unpaired) electrons. The molecule has 0 fully saturated rings. The van der Waals surface area contributed by atoms with Gasteiger partial charge in [-0.2, -0.15) is 10.2 Å². The summed E-state index contributed by atoms with van der Waals surface area (Å²) in [4.78, 5) is 18.7. The number of H-pyrrole nitrogens is 1. The van der Waals surface area contributed by atoms with Gasteiger partial charge in [0.25, 0.3) is 5.91 Å². The van der Waals surface area contributed by atoms with Crippen molar-refractivity contribution in [2.24, 2.45) is 0 Å². The Bertz CT molecular complexity index is 831. The van der Waals surface area contributed by atoms with Crippen LogP contribution in [0.3, 0.4) is 0 Å². The molecule has 23 heavy (non-hydrogen) atoms. The Hall–Kier alpha value is -2.48. The first-order chi connectivity index (χ1) is 11.0. The molecule has 8 heteroatoms. The van der Waals surface area contributed by atoms with E-state index in [-0.39, 0.29) is 5.91 Å². The number of thiophene rings is 1. The van der Waals surface area contributed by atoms with Gasteiger partial charge in [0.2, 0.25) is 0 Å². The van der Waals surface area contributed by atoms with Crippen LogP contribution in [-0.2, 0) is 6.54 Å². The second-order valence-corrected chi connectivity index (χ2v) is 6.55. The van der Waals surface area contributed by atoms with E-state index in [1.54, 1.807) is 22.1 Å². The van der Waals surface area contributed by atoms with Crippen LogP contribution in [0.4, 0.5) is 0 Å². The molecule has 3 heterocycles. The fourth-order valence-corrected chi connectivity index (χ4v) is 3.12. The van der Waals surface area contributed by atoms with Gasteiger partial charge in [0.1, 0.15) is 11.6 Å². The first kappa shape index (κ1) is 15.4. The summed E-state index contributed by atoms with van der Waals surface area (Å²) in [7, 11) is 0. The van der Waals surface area contributed by atoms with Gasteiger partial charge in [0.15, 0.2) is 5.69 Å². The molecule has 0 aromatic carbocycles. The van der Waals surface area contributed by atoms with Gasteiger partial charge in [-0.15, -0.1) is 11.3 Å². The van der Waals surface area contributed by atoms with Crippen molar-refractivity contribution in [3.8, 4) is 10.6 Å². The predicted octanol–water partition coefficient (Wildman–Crippen LogP) is 2.08. The van der Waals surface area contributed by atoms with E-state index < -0.39 is 0 Å². The number of aryl methyl sites for hydroxylation is 3. The molecule has 0 aliphatic heterocycles. The second-order valence-electron chi connectivity index (χ2n) is 5.26. The summed E-state index contributed by atoms with van der Waals surface area (Å²) in [5.74, 6) is 1.37. The lowest BCUT2D eigenvalue weighted by molar-refractivity contribution is 0.0947. The zero-order valence-corrected chi connectivity index (χ0v) is 14.1. The standard InChI is InChI=1S/C15H18N6OS/c1-9-4-5-14(23-9)12-8-13(19-18-12)15(22)16-6-7-21-11(3)17-10(2)20-21/h4-5,8H,6-7H2,1-3H3,(H,16,22)(H,18,19). The number of nitrogens with one attached hydrogen (secondary N) is 2. The van der Waals surface area contributed by atoms with Crippen LogP contribution in [0, 0.1) is 20.8 Å². The average Bonchev–Trinajstić information content (AvgIpc) is 3.20. The number of carbonyl (C=O) groups is 1. The Morgan fingerprint density at radius 1 is 1.35 bits per heavy atom. The van der Waals surface area contributed by atoms with Crippen molar-refractivity contribution in [2.45, 2.75) is 27.3 Å². The van der Waals surface area contributed by atoms with Crippen LogP contribution in [-0.4, -0.2) is 37.4 Å². The quantitative estimate of drug-likeness (QED) is 0.750. The van der Waals surface area contributed by atoms with Gasteiger partial charge in [0.05, 0.1) is 17.1 Å². The number of aromatic amines is 1. The highest BCUT2D eigenvalue weighted by atomic mass is 32.1. The van der Waals surface area contributed by atoms with Crippen LogP contribution in [0.15, 0.2) is 18.2 Å². The topological polar surface area (TPSA) is 88.5 Å². The molecular formula is C15H18N6OS. The molecule has 0 saturated heterocycles. The minimum atomic E-state index is -0.199. The van der Waals surface area contributed by atoms with Crippen LogP contribution in [0.5, 0.6) is 0 Å². The van der Waals surface area contributed by atoms with Gasteiger partial charge in [-0.05, 0) is 39.0 Å². The molecule has 7 nitrogen and oxygen atoms in total. The van der Waals surface area contributed by atoms with Crippen molar-refractivity contribution in [2.75, 3.05) is 6.54 Å². The SMILES string of the molecule is Cc1nc(C)n(CCNC(=O)c2cc(-c3ccc(C)s3)[nH]n2)n1. The molecule has 0 unspecified atom stereocenters. The number of nitrogens with zero attached hydrogens (tertiary/aromatic N) is 4. The van der Waals surface area contributed by atoms with E-state index in [2.05, 4.69) is 25.6 Å². The van der Waals surface area contributed by atoms with Crippen molar-refractivity contribution in [1.82, 2.24) is 30.3 Å². The Morgan fingerprint density at radius 3 is 2.83 bits per heavy atom. The Balaban J connectivity index is 1.58. The minimum absolute atomic E-state index is 0.199. The van der Waals surface area contributed by atoms with Crippen molar-refractivity contribution in [1.29, 1.82) is 0 Å². The van der Waals surface area contributed by atoms with Crippen molar-refractivity contribution < 1.29 is 4.79 Å². The molecule has 0 saturated carbocycles. The lowest BCUT2D eigenvalue weighted by Crippen LogP contribution is -2.28. The largest absolute Gasteiger partial charge is 0.349 e. The third-order valence-electron chi connectivity index (χ3n) is 3.39. The zero-order valence-electron chi connectivity index (χ0n) is 13.3. The summed E-state index contributed by atoms with van der Waals surface area (Å²) in [6.45, 7) is 6.85. The van der Waals surface area contributed by atoms with E-state index in [1.165, 1.54) is 4.88 Å². The molecule has 0 atom stereocenters. The van der Waals surface area contributed by atoms with Crippen LogP contribution >= 0.6 is 11.3 Å². The van der Waals surface area contributed by atoms with Crippen LogP contribution in [0.1, 0.15) is 27.0 Å². The van der Waals surface area contributed by atoms with Crippen molar-refractivity contribution >= 4 is 17.2 Å². The molecule has 3 aromatic rings. The van der Waals surface area contributed by atoms with Gasteiger partial charge in [-0.3, -0.25) is 9.89 Å². The van der Waals surface area contributed by atoms with E-state index >= 15 is 0 Å². The molecule has 1 amide bonds. The summed E-state index contributed by atoms with van der Waals surface area (Å²) in [6, 6.07) is 5.83. The molecule has 3 aromatic heterocycles. The molecule has 0 aliphatic carbocycles. The summed E-state index contributed by atoms with van der Waals surface area (Å²) in [6.07, 6.45) is 0. The zero-order chi connectivity index (χ0) is 16.4. The van der Waals surface area contributed by atoms with Crippen LogP contribution in [0.2, 0.25) is 0 Å². The Kier molecular flexibility index (Phi) is 4.24. The maximum Gasteiger partial charge on any atom is 0.271 e. The maximum absolute atomic E-state index is 12.1. The van der Waals surface area contributed by atoms with E-state index in [0.29, 0.717) is 18.8 Å². The molecule has 2 N–H and O–H groups in total. The van der Waals surface area contributed by atoms with Gasteiger partial charge >= 0.3 is 0 Å². The summed E-state index contributed by atoms with van der Waals surface area (Å²) in [5, 5.41) is 14.1. The molecule has 3 rings (SSSR count). The number of rotatable bonds is 5. The third-order valence-corrected chi connectivity index (χ3v) is 4.42. The van der Waals surface area contributed by atoms with Crippen molar-refractivity contribution in [3.63, 3.8) is 0 Å². The summed E-state index contributed by atoms with van der Waals surface area (Å²) >= 11 is 1.66. The number of hydrogen-bond donors (Lipinski definition) is 2. The van der Waals surface area contributed by atoms with Crippen LogP contribution < -0.4 is 5.32 Å². The predicted molar refractivity (Wildman–Crippen MR) is 88.5 cm³/mol. The number of aromatic nitrogens is 5. The highest BCUT2D eigenvalue weighted by Crippen LogP contribution is 2.26. The van der Waals surface area contributed by atoms with Gasteiger partial charge < -0.3 is 5.32 Å². The maximum atomic E-state index is 12.1. The fourth-order valence-electron chi connectivity index (χ4n) is 2.28. The average molecular weight is 330 g/mol. The van der Waals surface area contributed by atoms with E-state index in [9.17, 15) is 4.79 Å². The van der Waals surface area contributed by atoms with Gasteiger partial charge in [-0.25, -0.2) is 9.67 Å². The highest BCUT2D eigenvalue weighted by molar-refractivity contribution is 7.15. The van der Waals surface area contributed by atoms with E-state index in [4.69, 9.17) is 0 Å². The molecule has 0 spiro atoms. The molecule has 0 aliphatic rings. The first-order valence-electron chi connectivity index (χ1n) is 7.31. The molecule has 120 valence electrons. The normalized spacial score (nSPS) is 10.9. The Labute approximate surface area is 137 Å². The van der Waals surface area contributed by atoms with E-state index in [1.807, 2.05) is 32.9 Å². The molecular weight excluding hydrogens is 312 g/mol. The smallest absolute Gasteiger partial charge is 0.271 e. The lowest BCUT2D eigenvalue weighted by Gasteiger charge is -2.04. The number of amides is 1. The summed E-state index contributed by atoms with van der Waals surface area (Å²) < 4.78 is 1.78. The monoisotopic (exact) mass is 330 g/mol. The lowest BCUT2D eigenvalue weighted by atomic mass is 10.3. The fraction of sp³-hybridized carbons (Fsp3) is 0.333.